The van der Waals surface area contributed by atoms with E-state index in [1.807, 2.05) is 0 Å². The number of halogens is 3. The van der Waals surface area contributed by atoms with Crippen molar-refractivity contribution < 1.29 is 32.6 Å². The zero-order valence-electron chi connectivity index (χ0n) is 13.3. The van der Waals surface area contributed by atoms with Crippen molar-refractivity contribution in [2.45, 2.75) is 12.6 Å². The Labute approximate surface area is 145 Å². The minimum Gasteiger partial charge on any atom is -0.482 e. The highest BCUT2D eigenvalue weighted by atomic mass is 19.4. The number of nitrogens with one attached hydrogen (secondary N) is 1. The van der Waals surface area contributed by atoms with Gasteiger partial charge >= 0.3 is 12.1 Å². The van der Waals surface area contributed by atoms with E-state index in [1.165, 1.54) is 0 Å². The maximum Gasteiger partial charge on any atom is 0.451 e. The van der Waals surface area contributed by atoms with Crippen molar-refractivity contribution >= 4 is 11.9 Å². The molecule has 0 saturated carbocycles. The maximum absolute atomic E-state index is 12.4. The predicted molar refractivity (Wildman–Crippen MR) is 82.6 cm³/mol. The molecule has 0 aliphatic carbocycles. The second-order valence-corrected chi connectivity index (χ2v) is 5.13. The average molecular weight is 369 g/mol. The first-order valence-electron chi connectivity index (χ1n) is 7.36. The zero-order chi connectivity index (χ0) is 19.2. The molecule has 0 fully saturated rings. The fourth-order valence-electron chi connectivity index (χ4n) is 1.91. The van der Waals surface area contributed by atoms with Crippen molar-refractivity contribution in [1.29, 1.82) is 0 Å². The lowest BCUT2D eigenvalue weighted by Gasteiger charge is -2.08. The standard InChI is InChI=1S/C16H14F3N3O4/c17-16(18,19)15-21-7-11(8-22-15)14(25)20-6-5-10-1-3-12(4-2-10)26-9-13(23)24/h1-4,7-8H,5-6,9H2,(H,20,25)(H,23,24). The third-order valence-electron chi connectivity index (χ3n) is 3.15. The van der Waals surface area contributed by atoms with Crippen LogP contribution in [0, 0.1) is 0 Å². The van der Waals surface area contributed by atoms with Gasteiger partial charge in [-0.1, -0.05) is 12.1 Å². The van der Waals surface area contributed by atoms with Gasteiger partial charge in [0.25, 0.3) is 5.91 Å². The van der Waals surface area contributed by atoms with E-state index in [1.54, 1.807) is 24.3 Å². The van der Waals surface area contributed by atoms with Gasteiger partial charge < -0.3 is 15.2 Å². The summed E-state index contributed by atoms with van der Waals surface area (Å²) in [6, 6.07) is 6.63. The summed E-state index contributed by atoms with van der Waals surface area (Å²) in [6.07, 6.45) is -2.55. The van der Waals surface area contributed by atoms with E-state index in [0.29, 0.717) is 12.2 Å². The molecule has 0 atom stereocenters. The first-order chi connectivity index (χ1) is 12.3. The van der Waals surface area contributed by atoms with Crippen LogP contribution < -0.4 is 10.1 Å². The van der Waals surface area contributed by atoms with Crippen molar-refractivity contribution in [2.75, 3.05) is 13.2 Å². The van der Waals surface area contributed by atoms with Crippen LogP contribution in [0.25, 0.3) is 0 Å². The van der Waals surface area contributed by atoms with Gasteiger partial charge in [0.05, 0.1) is 5.56 Å². The van der Waals surface area contributed by atoms with Crippen LogP contribution in [0.4, 0.5) is 13.2 Å². The van der Waals surface area contributed by atoms with Crippen molar-refractivity contribution in [1.82, 2.24) is 15.3 Å². The third-order valence-corrected chi connectivity index (χ3v) is 3.15. The second kappa shape index (κ2) is 8.28. The van der Waals surface area contributed by atoms with Crippen LogP contribution in [0.3, 0.4) is 0 Å². The molecule has 0 unspecified atom stereocenters. The number of carbonyl (C=O) groups is 2. The normalized spacial score (nSPS) is 11.0. The fraction of sp³-hybridized carbons (Fsp3) is 0.250. The minimum atomic E-state index is -4.66. The molecule has 2 aromatic rings. The Balaban J connectivity index is 1.81. The molecule has 138 valence electrons. The Morgan fingerprint density at radius 1 is 1.12 bits per heavy atom. The number of amides is 1. The van der Waals surface area contributed by atoms with Gasteiger partial charge in [-0.15, -0.1) is 0 Å². The van der Waals surface area contributed by atoms with Gasteiger partial charge in [-0.25, -0.2) is 14.8 Å². The first-order valence-corrected chi connectivity index (χ1v) is 7.36. The molecule has 7 nitrogen and oxygen atoms in total. The van der Waals surface area contributed by atoms with Crippen LogP contribution in [-0.2, 0) is 17.4 Å². The number of rotatable bonds is 7. The number of carboxylic acid groups (broad SMARTS) is 1. The van der Waals surface area contributed by atoms with Crippen LogP contribution in [0.1, 0.15) is 21.7 Å². The molecule has 10 heteroatoms. The van der Waals surface area contributed by atoms with Gasteiger partial charge in [-0.05, 0) is 24.1 Å². The average Bonchev–Trinajstić information content (AvgIpc) is 2.60. The second-order valence-electron chi connectivity index (χ2n) is 5.13. The molecule has 0 radical (unpaired) electrons. The number of aromatic nitrogens is 2. The van der Waals surface area contributed by atoms with E-state index < -0.39 is 30.5 Å². The highest BCUT2D eigenvalue weighted by Gasteiger charge is 2.34. The van der Waals surface area contributed by atoms with Gasteiger partial charge in [0, 0.05) is 18.9 Å². The van der Waals surface area contributed by atoms with Crippen LogP contribution in [0.5, 0.6) is 5.75 Å². The third kappa shape index (κ3) is 5.72. The molecule has 1 aromatic heterocycles. The molecule has 1 amide bonds. The monoisotopic (exact) mass is 369 g/mol. The van der Waals surface area contributed by atoms with E-state index in [9.17, 15) is 22.8 Å². The summed E-state index contributed by atoms with van der Waals surface area (Å²) in [5.41, 5.74) is 0.784. The summed E-state index contributed by atoms with van der Waals surface area (Å²) < 4.78 is 42.1. The highest BCUT2D eigenvalue weighted by molar-refractivity contribution is 5.93. The summed E-state index contributed by atoms with van der Waals surface area (Å²) in [4.78, 5) is 28.5. The Bertz CT molecular complexity index is 762. The van der Waals surface area contributed by atoms with E-state index in [4.69, 9.17) is 9.84 Å². The van der Waals surface area contributed by atoms with Crippen LogP contribution in [-0.4, -0.2) is 40.1 Å². The molecule has 2 rings (SSSR count). The summed E-state index contributed by atoms with van der Waals surface area (Å²) in [6.45, 7) is -0.195. The highest BCUT2D eigenvalue weighted by Crippen LogP contribution is 2.25. The first kappa shape index (κ1) is 19.2. The summed E-state index contributed by atoms with van der Waals surface area (Å²) in [7, 11) is 0. The van der Waals surface area contributed by atoms with Crippen molar-refractivity contribution in [3.63, 3.8) is 0 Å². The van der Waals surface area contributed by atoms with Crippen LogP contribution in [0.15, 0.2) is 36.7 Å². The molecule has 2 N–H and O–H groups in total. The Morgan fingerprint density at radius 3 is 2.27 bits per heavy atom. The van der Waals surface area contributed by atoms with Crippen molar-refractivity contribution in [3.05, 3.63) is 53.6 Å². The minimum absolute atomic E-state index is 0.0737. The molecule has 1 heterocycles. The molecular formula is C16H14F3N3O4. The molecule has 0 aliphatic rings. The lowest BCUT2D eigenvalue weighted by atomic mass is 10.1. The van der Waals surface area contributed by atoms with Gasteiger partial charge in [0.1, 0.15) is 5.75 Å². The topological polar surface area (TPSA) is 101 Å². The molecule has 0 bridgehead atoms. The number of carboxylic acids is 1. The molecule has 1 aromatic carbocycles. The lowest BCUT2D eigenvalue weighted by molar-refractivity contribution is -0.145. The van der Waals surface area contributed by atoms with E-state index in [0.717, 1.165) is 18.0 Å². The smallest absolute Gasteiger partial charge is 0.451 e. The van der Waals surface area contributed by atoms with Gasteiger partial charge in [-0.3, -0.25) is 4.79 Å². The summed E-state index contributed by atoms with van der Waals surface area (Å²) >= 11 is 0. The summed E-state index contributed by atoms with van der Waals surface area (Å²) in [5, 5.41) is 11.1. The number of hydrogen-bond acceptors (Lipinski definition) is 5. The Kier molecular flexibility index (Phi) is 6.10. The quantitative estimate of drug-likeness (QED) is 0.773. The van der Waals surface area contributed by atoms with Gasteiger partial charge in [0.15, 0.2) is 6.61 Å². The fourth-order valence-corrected chi connectivity index (χ4v) is 1.91. The number of nitrogens with zero attached hydrogens (tertiary/aromatic N) is 2. The van der Waals surface area contributed by atoms with Crippen LogP contribution in [0.2, 0.25) is 0 Å². The maximum atomic E-state index is 12.4. The van der Waals surface area contributed by atoms with Crippen molar-refractivity contribution in [3.8, 4) is 5.75 Å². The SMILES string of the molecule is O=C(O)COc1ccc(CCNC(=O)c2cnc(C(F)(F)F)nc2)cc1. The Hall–Kier alpha value is -3.17. The zero-order valence-corrected chi connectivity index (χ0v) is 13.3. The van der Waals surface area contributed by atoms with Gasteiger partial charge in [-0.2, -0.15) is 13.2 Å². The molecule has 26 heavy (non-hydrogen) atoms. The molecule has 0 aliphatic heterocycles. The van der Waals surface area contributed by atoms with E-state index in [-0.39, 0.29) is 12.1 Å². The number of alkyl halides is 3. The number of ether oxygens (including phenoxy) is 1. The van der Waals surface area contributed by atoms with E-state index >= 15 is 0 Å². The van der Waals surface area contributed by atoms with Gasteiger partial charge in [0.2, 0.25) is 5.82 Å². The number of benzene rings is 1. The van der Waals surface area contributed by atoms with Crippen LogP contribution >= 0.6 is 0 Å². The predicted octanol–water partition coefficient (Wildman–Crippen LogP) is 1.93. The summed E-state index contributed by atoms with van der Waals surface area (Å²) in [5.74, 6) is -2.56. The number of hydrogen-bond donors (Lipinski definition) is 2. The largest absolute Gasteiger partial charge is 0.482 e. The number of carbonyl (C=O) groups excluding carboxylic acids is 1. The van der Waals surface area contributed by atoms with E-state index in [2.05, 4.69) is 15.3 Å². The van der Waals surface area contributed by atoms with Crippen molar-refractivity contribution in [2.24, 2.45) is 0 Å². The number of aliphatic carboxylic acids is 1. The molecular weight excluding hydrogens is 355 g/mol. The molecule has 0 saturated heterocycles. The molecule has 0 spiro atoms. The lowest BCUT2D eigenvalue weighted by Crippen LogP contribution is -2.26. The Morgan fingerprint density at radius 2 is 1.73 bits per heavy atom.